The average molecular weight is 442 g/mol. The van der Waals surface area contributed by atoms with Crippen LogP contribution in [-0.4, -0.2) is 45.5 Å². The summed E-state index contributed by atoms with van der Waals surface area (Å²) in [5.41, 5.74) is 1.72. The van der Waals surface area contributed by atoms with Crippen LogP contribution in [0.5, 0.6) is 0 Å². The highest BCUT2D eigenvalue weighted by molar-refractivity contribution is 7.98. The number of hydrogen-bond donors (Lipinski definition) is 0. The molecule has 2 saturated heterocycles. The van der Waals surface area contributed by atoms with Gasteiger partial charge in [0.15, 0.2) is 5.16 Å². The van der Waals surface area contributed by atoms with E-state index in [0.29, 0.717) is 5.75 Å². The molecule has 8 heteroatoms. The van der Waals surface area contributed by atoms with Crippen molar-refractivity contribution in [3.05, 3.63) is 41.8 Å². The Balaban J connectivity index is 1.41. The molecular weight excluding hydrogens is 413 g/mol. The van der Waals surface area contributed by atoms with Crippen LogP contribution in [0.2, 0.25) is 0 Å². The minimum absolute atomic E-state index is 0.203. The second-order valence-electron chi connectivity index (χ2n) is 8.63. The van der Waals surface area contributed by atoms with Crippen molar-refractivity contribution in [3.8, 4) is 0 Å². The quantitative estimate of drug-likeness (QED) is 0.518. The molecule has 0 bridgehead atoms. The molecule has 0 saturated carbocycles. The van der Waals surface area contributed by atoms with E-state index in [9.17, 15) is 4.39 Å². The van der Waals surface area contributed by atoms with Crippen molar-refractivity contribution in [2.45, 2.75) is 56.2 Å². The van der Waals surface area contributed by atoms with Gasteiger partial charge in [0.05, 0.1) is 18.2 Å². The largest absolute Gasteiger partial charge is 0.376 e. The van der Waals surface area contributed by atoms with Crippen LogP contribution in [0.25, 0.3) is 10.9 Å². The zero-order valence-corrected chi connectivity index (χ0v) is 18.7. The number of piperidine rings is 1. The lowest BCUT2D eigenvalue weighted by Gasteiger charge is -2.31. The Hall–Kier alpha value is -2.19. The van der Waals surface area contributed by atoms with E-state index in [4.69, 9.17) is 4.74 Å². The molecule has 3 aromatic rings. The first-order chi connectivity index (χ1) is 15.2. The van der Waals surface area contributed by atoms with E-state index in [-0.39, 0.29) is 11.9 Å². The van der Waals surface area contributed by atoms with Crippen LogP contribution in [0.15, 0.2) is 35.6 Å². The predicted molar refractivity (Wildman–Crippen MR) is 121 cm³/mol. The van der Waals surface area contributed by atoms with E-state index in [1.54, 1.807) is 24.0 Å². The number of anilines is 1. The summed E-state index contributed by atoms with van der Waals surface area (Å²) < 4.78 is 22.3. The van der Waals surface area contributed by atoms with Crippen LogP contribution in [-0.2, 0) is 17.0 Å². The van der Waals surface area contributed by atoms with Crippen molar-refractivity contribution in [2.24, 2.45) is 5.92 Å². The highest BCUT2D eigenvalue weighted by Gasteiger charge is 2.26. The first-order valence-electron chi connectivity index (χ1n) is 11.1. The number of hydrogen-bond acceptors (Lipinski definition) is 6. The van der Waals surface area contributed by atoms with Gasteiger partial charge in [0.25, 0.3) is 0 Å². The van der Waals surface area contributed by atoms with E-state index in [1.165, 1.54) is 18.9 Å². The Morgan fingerprint density at radius 1 is 1.19 bits per heavy atom. The number of ether oxygens (including phenoxy) is 1. The molecule has 0 N–H and O–H groups in total. The second kappa shape index (κ2) is 9.12. The Bertz CT molecular complexity index is 1040. The summed E-state index contributed by atoms with van der Waals surface area (Å²) in [4.78, 5) is 6.83. The number of pyridine rings is 1. The van der Waals surface area contributed by atoms with Crippen LogP contribution in [0, 0.1) is 11.7 Å². The fourth-order valence-electron chi connectivity index (χ4n) is 4.46. The maximum atomic E-state index is 14.2. The lowest BCUT2D eigenvalue weighted by molar-refractivity contribution is 0.0951. The van der Waals surface area contributed by atoms with Gasteiger partial charge < -0.3 is 9.64 Å². The van der Waals surface area contributed by atoms with Gasteiger partial charge in [0, 0.05) is 37.0 Å². The molecule has 0 radical (unpaired) electrons. The standard InChI is InChI=1S/C23H28FN5OS/c1-16-6-9-28(10-7-16)22-26-27-23(29(22)14-20-5-3-11-30-20)31-15-18-13-19(24)12-17-4-2-8-25-21(17)18/h2,4,8,12-13,16,20H,3,5-7,9-11,14-15H2,1H3. The molecular formula is C23H28FN5OS. The van der Waals surface area contributed by atoms with Gasteiger partial charge in [-0.3, -0.25) is 9.55 Å². The van der Waals surface area contributed by atoms with Crippen LogP contribution < -0.4 is 4.90 Å². The summed E-state index contributed by atoms with van der Waals surface area (Å²) in [7, 11) is 0. The summed E-state index contributed by atoms with van der Waals surface area (Å²) in [5.74, 6) is 2.05. The lowest BCUT2D eigenvalue weighted by Crippen LogP contribution is -2.35. The number of nitrogens with zero attached hydrogens (tertiary/aromatic N) is 5. The number of thioether (sulfide) groups is 1. The summed E-state index contributed by atoms with van der Waals surface area (Å²) in [6, 6.07) is 6.85. The maximum absolute atomic E-state index is 14.2. The Labute approximate surface area is 186 Å². The molecule has 2 aromatic heterocycles. The molecule has 2 aliphatic heterocycles. The van der Waals surface area contributed by atoms with E-state index in [1.807, 2.05) is 12.1 Å². The summed E-state index contributed by atoms with van der Waals surface area (Å²) in [6.07, 6.45) is 6.48. The Kier molecular flexibility index (Phi) is 6.09. The molecule has 1 atom stereocenters. The van der Waals surface area contributed by atoms with Crippen molar-refractivity contribution in [1.82, 2.24) is 19.7 Å². The van der Waals surface area contributed by atoms with E-state index in [0.717, 1.165) is 72.6 Å². The molecule has 1 unspecified atom stereocenters. The molecule has 6 nitrogen and oxygen atoms in total. The molecule has 2 fully saturated rings. The van der Waals surface area contributed by atoms with Gasteiger partial charge in [-0.25, -0.2) is 4.39 Å². The summed E-state index contributed by atoms with van der Waals surface area (Å²) in [5, 5.41) is 10.8. The highest BCUT2D eigenvalue weighted by atomic mass is 32.2. The maximum Gasteiger partial charge on any atom is 0.228 e. The number of rotatable bonds is 6. The smallest absolute Gasteiger partial charge is 0.228 e. The third-order valence-electron chi connectivity index (χ3n) is 6.28. The minimum atomic E-state index is -0.236. The van der Waals surface area contributed by atoms with Crippen molar-refractivity contribution >= 4 is 28.6 Å². The van der Waals surface area contributed by atoms with Gasteiger partial charge >= 0.3 is 0 Å². The van der Waals surface area contributed by atoms with Gasteiger partial charge in [-0.05, 0) is 55.4 Å². The monoisotopic (exact) mass is 441 g/mol. The number of aromatic nitrogens is 4. The SMILES string of the molecule is CC1CCN(c2nnc(SCc3cc(F)cc4cccnc34)n2CC2CCCO2)CC1. The number of benzene rings is 1. The van der Waals surface area contributed by atoms with Crippen molar-refractivity contribution in [1.29, 1.82) is 0 Å². The molecule has 31 heavy (non-hydrogen) atoms. The zero-order chi connectivity index (χ0) is 21.2. The van der Waals surface area contributed by atoms with Gasteiger partial charge in [-0.15, -0.1) is 10.2 Å². The Morgan fingerprint density at radius 2 is 2.06 bits per heavy atom. The minimum Gasteiger partial charge on any atom is -0.376 e. The van der Waals surface area contributed by atoms with Crippen LogP contribution >= 0.6 is 11.8 Å². The molecule has 164 valence electrons. The lowest BCUT2D eigenvalue weighted by atomic mass is 10.00. The fraction of sp³-hybridized carbons (Fsp3) is 0.522. The molecule has 2 aliphatic rings. The topological polar surface area (TPSA) is 56.1 Å². The zero-order valence-electron chi connectivity index (χ0n) is 17.8. The number of halogens is 1. The van der Waals surface area contributed by atoms with Crippen LogP contribution in [0.4, 0.5) is 10.3 Å². The first kappa shape index (κ1) is 20.7. The van der Waals surface area contributed by atoms with Crippen molar-refractivity contribution in [3.63, 3.8) is 0 Å². The third kappa shape index (κ3) is 4.55. The molecule has 0 amide bonds. The van der Waals surface area contributed by atoms with Crippen LogP contribution in [0.3, 0.4) is 0 Å². The summed E-state index contributed by atoms with van der Waals surface area (Å²) in [6.45, 7) is 5.92. The highest BCUT2D eigenvalue weighted by Crippen LogP contribution is 2.31. The normalized spacial score (nSPS) is 20.1. The molecule has 5 rings (SSSR count). The van der Waals surface area contributed by atoms with E-state index < -0.39 is 0 Å². The average Bonchev–Trinajstić information content (AvgIpc) is 3.43. The van der Waals surface area contributed by atoms with Crippen molar-refractivity contribution < 1.29 is 9.13 Å². The second-order valence-corrected chi connectivity index (χ2v) is 9.57. The predicted octanol–water partition coefficient (Wildman–Crippen LogP) is 4.67. The van der Waals surface area contributed by atoms with Gasteiger partial charge in [-0.1, -0.05) is 24.8 Å². The van der Waals surface area contributed by atoms with Gasteiger partial charge in [0.2, 0.25) is 5.95 Å². The van der Waals surface area contributed by atoms with E-state index >= 15 is 0 Å². The molecule has 0 aliphatic carbocycles. The first-order valence-corrected chi connectivity index (χ1v) is 12.1. The van der Waals surface area contributed by atoms with Gasteiger partial charge in [-0.2, -0.15) is 0 Å². The van der Waals surface area contributed by atoms with Crippen LogP contribution in [0.1, 0.15) is 38.2 Å². The fourth-order valence-corrected chi connectivity index (χ4v) is 5.38. The molecule has 4 heterocycles. The van der Waals surface area contributed by atoms with Gasteiger partial charge in [0.1, 0.15) is 5.82 Å². The van der Waals surface area contributed by atoms with E-state index in [2.05, 4.69) is 31.6 Å². The Morgan fingerprint density at radius 3 is 2.87 bits per heavy atom. The number of fused-ring (bicyclic) bond motifs is 1. The molecule has 0 spiro atoms. The summed E-state index contributed by atoms with van der Waals surface area (Å²) >= 11 is 1.59. The molecule has 1 aromatic carbocycles. The third-order valence-corrected chi connectivity index (χ3v) is 7.29. The van der Waals surface area contributed by atoms with Crippen molar-refractivity contribution in [2.75, 3.05) is 24.6 Å².